The standard InChI is InChI=1S/C16H19BrN2O2/c1-3-19(4-2)16(20)9-8-15-18-11-14(21-15)12-6-5-7-13(17)10-12/h5-7,10-11H,3-4,8-9H2,1-2H3. The van der Waals surface area contributed by atoms with Crippen molar-refractivity contribution in [1.82, 2.24) is 9.88 Å². The minimum Gasteiger partial charge on any atom is -0.441 e. The predicted molar refractivity (Wildman–Crippen MR) is 85.9 cm³/mol. The molecule has 4 nitrogen and oxygen atoms in total. The molecule has 0 saturated heterocycles. The summed E-state index contributed by atoms with van der Waals surface area (Å²) in [6.07, 6.45) is 2.67. The van der Waals surface area contributed by atoms with Crippen molar-refractivity contribution in [3.8, 4) is 11.3 Å². The summed E-state index contributed by atoms with van der Waals surface area (Å²) in [7, 11) is 0. The summed E-state index contributed by atoms with van der Waals surface area (Å²) in [4.78, 5) is 18.0. The van der Waals surface area contributed by atoms with E-state index in [1.807, 2.05) is 43.0 Å². The Morgan fingerprint density at radius 1 is 1.33 bits per heavy atom. The van der Waals surface area contributed by atoms with Crippen molar-refractivity contribution in [2.45, 2.75) is 26.7 Å². The molecule has 0 N–H and O–H groups in total. The molecule has 2 aromatic rings. The highest BCUT2D eigenvalue weighted by Gasteiger charge is 2.12. The molecular weight excluding hydrogens is 332 g/mol. The second-order valence-corrected chi connectivity index (χ2v) is 5.61. The van der Waals surface area contributed by atoms with Crippen molar-refractivity contribution in [3.63, 3.8) is 0 Å². The van der Waals surface area contributed by atoms with Gasteiger partial charge in [0.05, 0.1) is 6.20 Å². The van der Waals surface area contributed by atoms with Crippen LogP contribution in [0.1, 0.15) is 26.2 Å². The minimum absolute atomic E-state index is 0.141. The number of hydrogen-bond acceptors (Lipinski definition) is 3. The number of rotatable bonds is 6. The van der Waals surface area contributed by atoms with Crippen molar-refractivity contribution in [2.75, 3.05) is 13.1 Å². The quantitative estimate of drug-likeness (QED) is 0.793. The van der Waals surface area contributed by atoms with Gasteiger partial charge in [0.2, 0.25) is 5.91 Å². The van der Waals surface area contributed by atoms with E-state index in [4.69, 9.17) is 4.42 Å². The maximum absolute atomic E-state index is 12.0. The summed E-state index contributed by atoms with van der Waals surface area (Å²) in [6, 6.07) is 7.86. The zero-order chi connectivity index (χ0) is 15.2. The third-order valence-corrected chi connectivity index (χ3v) is 3.82. The van der Waals surface area contributed by atoms with Gasteiger partial charge in [-0.2, -0.15) is 0 Å². The molecule has 0 aliphatic heterocycles. The van der Waals surface area contributed by atoms with Crippen LogP contribution in [-0.4, -0.2) is 28.9 Å². The Kier molecular flexibility index (Phi) is 5.56. The van der Waals surface area contributed by atoms with Gasteiger partial charge in [0, 0.05) is 36.0 Å². The molecule has 1 aromatic carbocycles. The van der Waals surface area contributed by atoms with Crippen LogP contribution in [0.3, 0.4) is 0 Å². The van der Waals surface area contributed by atoms with E-state index in [0.29, 0.717) is 18.7 Å². The molecule has 0 bridgehead atoms. The number of benzene rings is 1. The van der Waals surface area contributed by atoms with Crippen molar-refractivity contribution >= 4 is 21.8 Å². The largest absolute Gasteiger partial charge is 0.441 e. The van der Waals surface area contributed by atoms with Crippen LogP contribution in [0.15, 0.2) is 39.4 Å². The van der Waals surface area contributed by atoms with Gasteiger partial charge in [-0.3, -0.25) is 4.79 Å². The van der Waals surface area contributed by atoms with Gasteiger partial charge in [-0.15, -0.1) is 0 Å². The third kappa shape index (κ3) is 4.17. The van der Waals surface area contributed by atoms with Crippen LogP contribution in [-0.2, 0) is 11.2 Å². The Labute approximate surface area is 133 Å². The van der Waals surface area contributed by atoms with Gasteiger partial charge >= 0.3 is 0 Å². The van der Waals surface area contributed by atoms with Crippen LogP contribution in [0, 0.1) is 0 Å². The molecule has 0 aliphatic rings. The minimum atomic E-state index is 0.141. The Hall–Kier alpha value is -1.62. The summed E-state index contributed by atoms with van der Waals surface area (Å²) in [5.74, 6) is 1.47. The first-order valence-electron chi connectivity index (χ1n) is 7.12. The van der Waals surface area contributed by atoms with E-state index in [2.05, 4.69) is 20.9 Å². The maximum atomic E-state index is 12.0. The molecule has 0 unspecified atom stereocenters. The lowest BCUT2D eigenvalue weighted by Gasteiger charge is -2.17. The van der Waals surface area contributed by atoms with Crippen molar-refractivity contribution in [3.05, 3.63) is 40.8 Å². The molecule has 0 radical (unpaired) electrons. The number of carbonyl (C=O) groups excluding carboxylic acids is 1. The van der Waals surface area contributed by atoms with E-state index < -0.39 is 0 Å². The normalized spacial score (nSPS) is 10.6. The molecule has 0 spiro atoms. The van der Waals surface area contributed by atoms with E-state index >= 15 is 0 Å². The number of aromatic nitrogens is 1. The van der Waals surface area contributed by atoms with Crippen LogP contribution in [0.4, 0.5) is 0 Å². The summed E-state index contributed by atoms with van der Waals surface area (Å²) in [5.41, 5.74) is 0.971. The zero-order valence-corrected chi connectivity index (χ0v) is 13.9. The third-order valence-electron chi connectivity index (χ3n) is 3.33. The Morgan fingerprint density at radius 3 is 2.76 bits per heavy atom. The highest BCUT2D eigenvalue weighted by atomic mass is 79.9. The topological polar surface area (TPSA) is 46.3 Å². The van der Waals surface area contributed by atoms with Crippen LogP contribution in [0.2, 0.25) is 0 Å². The predicted octanol–water partition coefficient (Wildman–Crippen LogP) is 3.91. The molecule has 0 atom stereocenters. The maximum Gasteiger partial charge on any atom is 0.223 e. The van der Waals surface area contributed by atoms with Gasteiger partial charge in [0.1, 0.15) is 0 Å². The molecule has 0 saturated carbocycles. The fraction of sp³-hybridized carbons (Fsp3) is 0.375. The highest BCUT2D eigenvalue weighted by Crippen LogP contribution is 2.24. The lowest BCUT2D eigenvalue weighted by Crippen LogP contribution is -2.30. The summed E-state index contributed by atoms with van der Waals surface area (Å²) < 4.78 is 6.71. The average molecular weight is 351 g/mol. The molecule has 1 aromatic heterocycles. The number of halogens is 1. The number of amides is 1. The number of nitrogens with zero attached hydrogens (tertiary/aromatic N) is 2. The lowest BCUT2D eigenvalue weighted by atomic mass is 10.2. The smallest absolute Gasteiger partial charge is 0.223 e. The molecule has 2 rings (SSSR count). The molecule has 1 heterocycles. The van der Waals surface area contributed by atoms with Crippen LogP contribution < -0.4 is 0 Å². The van der Waals surface area contributed by atoms with Gasteiger partial charge in [-0.25, -0.2) is 4.98 Å². The molecule has 0 fully saturated rings. The number of aryl methyl sites for hydroxylation is 1. The van der Waals surface area contributed by atoms with Gasteiger partial charge in [0.25, 0.3) is 0 Å². The number of oxazole rings is 1. The van der Waals surface area contributed by atoms with E-state index in [-0.39, 0.29) is 5.91 Å². The summed E-state index contributed by atoms with van der Waals surface area (Å²) in [5, 5.41) is 0. The molecule has 5 heteroatoms. The van der Waals surface area contributed by atoms with Crippen LogP contribution in [0.25, 0.3) is 11.3 Å². The first kappa shape index (κ1) is 15.8. The van der Waals surface area contributed by atoms with E-state index in [9.17, 15) is 4.79 Å². The summed E-state index contributed by atoms with van der Waals surface area (Å²) >= 11 is 3.44. The summed E-state index contributed by atoms with van der Waals surface area (Å²) in [6.45, 7) is 5.45. The first-order valence-corrected chi connectivity index (χ1v) is 7.91. The molecule has 21 heavy (non-hydrogen) atoms. The van der Waals surface area contributed by atoms with Gasteiger partial charge in [-0.05, 0) is 26.0 Å². The monoisotopic (exact) mass is 350 g/mol. The van der Waals surface area contributed by atoms with Crippen molar-refractivity contribution < 1.29 is 9.21 Å². The Balaban J connectivity index is 1.99. The van der Waals surface area contributed by atoms with Gasteiger partial charge in [0.15, 0.2) is 11.7 Å². The second-order valence-electron chi connectivity index (χ2n) is 4.69. The zero-order valence-electron chi connectivity index (χ0n) is 12.3. The molecular formula is C16H19BrN2O2. The second kappa shape index (κ2) is 7.41. The van der Waals surface area contributed by atoms with E-state index in [0.717, 1.165) is 28.9 Å². The fourth-order valence-corrected chi connectivity index (χ4v) is 2.55. The molecule has 1 amide bonds. The number of carbonyl (C=O) groups is 1. The first-order chi connectivity index (χ1) is 10.1. The van der Waals surface area contributed by atoms with E-state index in [1.165, 1.54) is 0 Å². The van der Waals surface area contributed by atoms with Crippen LogP contribution in [0.5, 0.6) is 0 Å². The number of hydrogen-bond donors (Lipinski definition) is 0. The SMILES string of the molecule is CCN(CC)C(=O)CCc1ncc(-c2cccc(Br)c2)o1. The molecule has 0 aliphatic carbocycles. The van der Waals surface area contributed by atoms with Crippen molar-refractivity contribution in [1.29, 1.82) is 0 Å². The van der Waals surface area contributed by atoms with Crippen molar-refractivity contribution in [2.24, 2.45) is 0 Å². The Bertz CT molecular complexity index is 606. The average Bonchev–Trinajstić information content (AvgIpc) is 2.95. The molecule has 112 valence electrons. The van der Waals surface area contributed by atoms with Gasteiger partial charge in [-0.1, -0.05) is 28.1 Å². The highest BCUT2D eigenvalue weighted by molar-refractivity contribution is 9.10. The van der Waals surface area contributed by atoms with Gasteiger partial charge < -0.3 is 9.32 Å². The Morgan fingerprint density at radius 2 is 2.10 bits per heavy atom. The van der Waals surface area contributed by atoms with E-state index in [1.54, 1.807) is 6.20 Å². The fourth-order valence-electron chi connectivity index (χ4n) is 2.15. The van der Waals surface area contributed by atoms with Crippen LogP contribution >= 0.6 is 15.9 Å². The lowest BCUT2D eigenvalue weighted by molar-refractivity contribution is -0.130.